The van der Waals surface area contributed by atoms with E-state index < -0.39 is 0 Å². The van der Waals surface area contributed by atoms with Crippen molar-refractivity contribution in [3.05, 3.63) is 35.9 Å². The monoisotopic (exact) mass is 273 g/mol. The van der Waals surface area contributed by atoms with Crippen LogP contribution in [0.3, 0.4) is 0 Å². The van der Waals surface area contributed by atoms with Gasteiger partial charge >= 0.3 is 0 Å². The molecule has 0 heterocycles. The number of hydrogen-bond donors (Lipinski definition) is 1. The van der Waals surface area contributed by atoms with Crippen LogP contribution in [0.2, 0.25) is 0 Å². The third-order valence-electron chi connectivity index (χ3n) is 4.81. The van der Waals surface area contributed by atoms with Crippen molar-refractivity contribution < 1.29 is 0 Å². The van der Waals surface area contributed by atoms with Gasteiger partial charge in [0.15, 0.2) is 0 Å². The van der Waals surface area contributed by atoms with Crippen LogP contribution < -0.4 is 5.32 Å². The van der Waals surface area contributed by atoms with E-state index in [2.05, 4.69) is 42.6 Å². The minimum absolute atomic E-state index is 0.713. The van der Waals surface area contributed by atoms with E-state index >= 15 is 0 Å². The van der Waals surface area contributed by atoms with Gasteiger partial charge in [0.25, 0.3) is 0 Å². The Bertz CT molecular complexity index is 338. The summed E-state index contributed by atoms with van der Waals surface area (Å²) >= 11 is 0. The molecule has 0 saturated heterocycles. The van der Waals surface area contributed by atoms with Crippen LogP contribution in [0.25, 0.3) is 0 Å². The largest absolute Gasteiger partial charge is 0.314 e. The lowest BCUT2D eigenvalue weighted by Gasteiger charge is -2.23. The van der Waals surface area contributed by atoms with E-state index in [4.69, 9.17) is 0 Å². The molecule has 1 aromatic carbocycles. The molecule has 20 heavy (non-hydrogen) atoms. The Kier molecular flexibility index (Phi) is 7.14. The van der Waals surface area contributed by atoms with Crippen LogP contribution in [0.1, 0.15) is 63.9 Å². The average Bonchev–Trinajstić information content (AvgIpc) is 2.77. The number of rotatable bonds is 7. The second-order valence-electron chi connectivity index (χ2n) is 6.44. The van der Waals surface area contributed by atoms with E-state index in [-0.39, 0.29) is 0 Å². The maximum atomic E-state index is 3.77. The molecule has 0 bridgehead atoms. The molecular formula is C19H31N. The van der Waals surface area contributed by atoms with Gasteiger partial charge in [-0.15, -0.1) is 0 Å². The lowest BCUT2D eigenvalue weighted by Crippen LogP contribution is -2.34. The predicted octanol–water partition coefficient (Wildman–Crippen LogP) is 4.96. The van der Waals surface area contributed by atoms with Gasteiger partial charge in [-0.2, -0.15) is 0 Å². The summed E-state index contributed by atoms with van der Waals surface area (Å²) in [7, 11) is 0. The molecule has 1 aromatic rings. The van der Waals surface area contributed by atoms with Crippen LogP contribution in [0.15, 0.2) is 30.3 Å². The molecule has 1 aliphatic rings. The molecule has 1 atom stereocenters. The van der Waals surface area contributed by atoms with Gasteiger partial charge in [-0.1, -0.05) is 56.0 Å². The zero-order valence-corrected chi connectivity index (χ0v) is 13.1. The lowest BCUT2D eigenvalue weighted by atomic mass is 9.93. The van der Waals surface area contributed by atoms with Gasteiger partial charge in [-0.25, -0.2) is 0 Å². The minimum Gasteiger partial charge on any atom is -0.314 e. The molecule has 0 radical (unpaired) electrons. The Hall–Kier alpha value is -0.820. The van der Waals surface area contributed by atoms with E-state index in [1.54, 1.807) is 0 Å². The van der Waals surface area contributed by atoms with Gasteiger partial charge < -0.3 is 5.32 Å². The third kappa shape index (κ3) is 5.66. The first-order valence-electron chi connectivity index (χ1n) is 8.63. The first-order chi connectivity index (χ1) is 9.86. The van der Waals surface area contributed by atoms with Crippen LogP contribution in [0.5, 0.6) is 0 Å². The van der Waals surface area contributed by atoms with Crippen molar-refractivity contribution in [2.24, 2.45) is 5.92 Å². The Labute approximate surface area is 125 Å². The first-order valence-corrected chi connectivity index (χ1v) is 8.63. The fraction of sp³-hybridized carbons (Fsp3) is 0.684. The van der Waals surface area contributed by atoms with E-state index in [0.29, 0.717) is 6.04 Å². The zero-order valence-electron chi connectivity index (χ0n) is 13.1. The summed E-state index contributed by atoms with van der Waals surface area (Å²) in [5.41, 5.74) is 1.48. The highest BCUT2D eigenvalue weighted by molar-refractivity contribution is 5.14. The summed E-state index contributed by atoms with van der Waals surface area (Å²) in [6, 6.07) is 11.6. The standard InChI is InChI=1S/C19H31N/c1-17(19-14-7-2-3-8-15-19)20-16-10-9-13-18-11-5-4-6-12-18/h4-6,11-12,17,19-20H,2-3,7-10,13-16H2,1H3/t17-/m0/s1. The molecule has 1 saturated carbocycles. The van der Waals surface area contributed by atoms with Crippen molar-refractivity contribution >= 4 is 0 Å². The Morgan fingerprint density at radius 1 is 1.00 bits per heavy atom. The van der Waals surface area contributed by atoms with Crippen molar-refractivity contribution in [2.75, 3.05) is 6.54 Å². The van der Waals surface area contributed by atoms with E-state index in [1.807, 2.05) is 0 Å². The normalized spacial score (nSPS) is 18.6. The quantitative estimate of drug-likeness (QED) is 0.547. The SMILES string of the molecule is C[C@H](NCCCCc1ccccc1)C1CCCCCC1. The highest BCUT2D eigenvalue weighted by atomic mass is 14.9. The molecule has 1 aliphatic carbocycles. The summed E-state index contributed by atoms with van der Waals surface area (Å²) in [5, 5.41) is 3.77. The highest BCUT2D eigenvalue weighted by Crippen LogP contribution is 2.25. The summed E-state index contributed by atoms with van der Waals surface area (Å²) in [5.74, 6) is 0.923. The smallest absolute Gasteiger partial charge is 0.00669 e. The van der Waals surface area contributed by atoms with Crippen molar-refractivity contribution in [1.29, 1.82) is 0 Å². The second-order valence-corrected chi connectivity index (χ2v) is 6.44. The van der Waals surface area contributed by atoms with E-state index in [1.165, 1.54) is 69.9 Å². The molecule has 0 amide bonds. The summed E-state index contributed by atoms with van der Waals surface area (Å²) < 4.78 is 0. The van der Waals surface area contributed by atoms with Crippen LogP contribution in [-0.2, 0) is 6.42 Å². The van der Waals surface area contributed by atoms with E-state index in [0.717, 1.165) is 5.92 Å². The molecular weight excluding hydrogens is 242 g/mol. The summed E-state index contributed by atoms with van der Waals surface area (Å²) in [6.07, 6.45) is 12.5. The molecule has 0 aliphatic heterocycles. The number of benzene rings is 1. The highest BCUT2D eigenvalue weighted by Gasteiger charge is 2.17. The van der Waals surface area contributed by atoms with Gasteiger partial charge in [0.05, 0.1) is 0 Å². The van der Waals surface area contributed by atoms with Gasteiger partial charge in [-0.3, -0.25) is 0 Å². The number of nitrogens with one attached hydrogen (secondary N) is 1. The maximum Gasteiger partial charge on any atom is 0.00669 e. The van der Waals surface area contributed by atoms with Crippen molar-refractivity contribution in [3.8, 4) is 0 Å². The van der Waals surface area contributed by atoms with Crippen LogP contribution in [0.4, 0.5) is 0 Å². The topological polar surface area (TPSA) is 12.0 Å². The summed E-state index contributed by atoms with van der Waals surface area (Å²) in [4.78, 5) is 0. The average molecular weight is 273 g/mol. The Morgan fingerprint density at radius 2 is 1.70 bits per heavy atom. The third-order valence-corrected chi connectivity index (χ3v) is 4.81. The van der Waals surface area contributed by atoms with Crippen LogP contribution >= 0.6 is 0 Å². The molecule has 0 spiro atoms. The molecule has 1 heteroatoms. The molecule has 0 aromatic heterocycles. The fourth-order valence-electron chi connectivity index (χ4n) is 3.41. The molecule has 1 nitrogen and oxygen atoms in total. The fourth-order valence-corrected chi connectivity index (χ4v) is 3.41. The minimum atomic E-state index is 0.713. The van der Waals surface area contributed by atoms with Crippen molar-refractivity contribution in [2.45, 2.75) is 70.8 Å². The van der Waals surface area contributed by atoms with Gasteiger partial charge in [-0.05, 0) is 57.1 Å². The molecule has 0 unspecified atom stereocenters. The van der Waals surface area contributed by atoms with Crippen LogP contribution in [0, 0.1) is 5.92 Å². The number of aryl methyl sites for hydroxylation is 1. The zero-order chi connectivity index (χ0) is 14.0. The number of hydrogen-bond acceptors (Lipinski definition) is 1. The molecule has 2 rings (SSSR count). The van der Waals surface area contributed by atoms with Gasteiger partial charge in [0, 0.05) is 6.04 Å². The molecule has 112 valence electrons. The summed E-state index contributed by atoms with van der Waals surface area (Å²) in [6.45, 7) is 3.58. The van der Waals surface area contributed by atoms with Crippen molar-refractivity contribution in [3.63, 3.8) is 0 Å². The predicted molar refractivity (Wildman–Crippen MR) is 88.0 cm³/mol. The Balaban J connectivity index is 1.56. The van der Waals surface area contributed by atoms with Crippen LogP contribution in [-0.4, -0.2) is 12.6 Å². The van der Waals surface area contributed by atoms with Gasteiger partial charge in [0.2, 0.25) is 0 Å². The Morgan fingerprint density at radius 3 is 2.40 bits per heavy atom. The van der Waals surface area contributed by atoms with E-state index in [9.17, 15) is 0 Å². The first kappa shape index (κ1) is 15.6. The second kappa shape index (κ2) is 9.18. The number of unbranched alkanes of at least 4 members (excludes halogenated alkanes) is 1. The van der Waals surface area contributed by atoms with Gasteiger partial charge in [0.1, 0.15) is 0 Å². The van der Waals surface area contributed by atoms with Crippen molar-refractivity contribution in [1.82, 2.24) is 5.32 Å². The molecule has 1 fully saturated rings. The maximum absolute atomic E-state index is 3.77. The molecule has 1 N–H and O–H groups in total. The lowest BCUT2D eigenvalue weighted by molar-refractivity contribution is 0.336.